The van der Waals surface area contributed by atoms with Gasteiger partial charge in [0.25, 0.3) is 0 Å². The Hall–Kier alpha value is -0.0800. The minimum Gasteiger partial charge on any atom is -0.289 e. The third-order valence-electron chi connectivity index (χ3n) is 2.87. The van der Waals surface area contributed by atoms with Gasteiger partial charge in [0.2, 0.25) is 0 Å². The second kappa shape index (κ2) is 5.61. The summed E-state index contributed by atoms with van der Waals surface area (Å²) in [6.07, 6.45) is 3.95. The molecule has 0 radical (unpaired) electrons. The van der Waals surface area contributed by atoms with Crippen molar-refractivity contribution in [3.05, 3.63) is 0 Å². The van der Waals surface area contributed by atoms with Crippen LogP contribution in [0.1, 0.15) is 40.0 Å². The van der Waals surface area contributed by atoms with Gasteiger partial charge in [-0.05, 0) is 32.9 Å². The van der Waals surface area contributed by atoms with E-state index in [4.69, 9.17) is 0 Å². The summed E-state index contributed by atoms with van der Waals surface area (Å²) < 4.78 is 0. The molecule has 13 heavy (non-hydrogen) atoms. The van der Waals surface area contributed by atoms with Gasteiger partial charge in [-0.3, -0.25) is 9.80 Å². The molecule has 0 bridgehead atoms. The quantitative estimate of drug-likeness (QED) is 0.646. The first-order valence-corrected chi connectivity index (χ1v) is 5.74. The maximum absolute atomic E-state index is 2.61. The summed E-state index contributed by atoms with van der Waals surface area (Å²) in [5.41, 5.74) is 0. The molecular formula is C11H24N2. The van der Waals surface area contributed by atoms with E-state index in [0.717, 1.165) is 6.04 Å². The van der Waals surface area contributed by atoms with Crippen molar-refractivity contribution in [2.24, 2.45) is 0 Å². The third kappa shape index (κ3) is 3.28. The van der Waals surface area contributed by atoms with Crippen molar-refractivity contribution in [2.45, 2.75) is 46.1 Å². The number of nitrogens with zero attached hydrogens (tertiary/aromatic N) is 2. The summed E-state index contributed by atoms with van der Waals surface area (Å²) in [7, 11) is 0. The molecule has 0 unspecified atom stereocenters. The van der Waals surface area contributed by atoms with Gasteiger partial charge in [-0.2, -0.15) is 0 Å². The van der Waals surface area contributed by atoms with Crippen LogP contribution in [0.5, 0.6) is 0 Å². The molecule has 1 rings (SSSR count). The van der Waals surface area contributed by atoms with Crippen LogP contribution in [0.2, 0.25) is 0 Å². The lowest BCUT2D eigenvalue weighted by Crippen LogP contribution is -2.29. The lowest BCUT2D eigenvalue weighted by Gasteiger charge is -2.19. The fraction of sp³-hybridized carbons (Fsp3) is 1.00. The van der Waals surface area contributed by atoms with Crippen molar-refractivity contribution < 1.29 is 0 Å². The van der Waals surface area contributed by atoms with Crippen LogP contribution < -0.4 is 0 Å². The Morgan fingerprint density at radius 3 is 2.54 bits per heavy atom. The third-order valence-corrected chi connectivity index (χ3v) is 2.87. The van der Waals surface area contributed by atoms with E-state index in [-0.39, 0.29) is 0 Å². The van der Waals surface area contributed by atoms with Gasteiger partial charge in [-0.25, -0.2) is 0 Å². The normalized spacial score (nSPS) is 25.6. The molecule has 1 aliphatic rings. The number of hydrogen-bond acceptors (Lipinski definition) is 2. The molecule has 2 nitrogen and oxygen atoms in total. The van der Waals surface area contributed by atoms with Crippen LogP contribution in [0.15, 0.2) is 0 Å². The van der Waals surface area contributed by atoms with E-state index in [1.54, 1.807) is 0 Å². The Morgan fingerprint density at radius 2 is 1.92 bits per heavy atom. The summed E-state index contributed by atoms with van der Waals surface area (Å²) in [4.78, 5) is 5.18. The summed E-state index contributed by atoms with van der Waals surface area (Å²) in [5, 5.41) is 0. The average molecular weight is 184 g/mol. The minimum atomic E-state index is 0.776. The van der Waals surface area contributed by atoms with E-state index >= 15 is 0 Å². The predicted molar refractivity (Wildman–Crippen MR) is 57.8 cm³/mol. The Morgan fingerprint density at radius 1 is 1.15 bits per heavy atom. The summed E-state index contributed by atoms with van der Waals surface area (Å²) in [5.74, 6) is 0. The average Bonchev–Trinajstić information content (AvgIpc) is 2.44. The molecule has 0 aromatic heterocycles. The molecule has 0 spiro atoms. The summed E-state index contributed by atoms with van der Waals surface area (Å²) >= 11 is 0. The van der Waals surface area contributed by atoms with Crippen LogP contribution >= 0.6 is 0 Å². The molecule has 1 fully saturated rings. The monoisotopic (exact) mass is 184 g/mol. The Kier molecular flexibility index (Phi) is 4.74. The number of hydrogen-bond donors (Lipinski definition) is 0. The maximum atomic E-state index is 2.61. The van der Waals surface area contributed by atoms with Crippen molar-refractivity contribution in [1.29, 1.82) is 0 Å². The van der Waals surface area contributed by atoms with Gasteiger partial charge < -0.3 is 0 Å². The van der Waals surface area contributed by atoms with Gasteiger partial charge in [0.1, 0.15) is 0 Å². The lowest BCUT2D eigenvalue weighted by molar-refractivity contribution is 0.224. The Balaban J connectivity index is 2.24. The topological polar surface area (TPSA) is 6.48 Å². The smallest absolute Gasteiger partial charge is 0.0509 e. The highest BCUT2D eigenvalue weighted by Gasteiger charge is 2.25. The van der Waals surface area contributed by atoms with Gasteiger partial charge >= 0.3 is 0 Å². The lowest BCUT2D eigenvalue weighted by atomic mass is 10.3. The van der Waals surface area contributed by atoms with Crippen LogP contribution in [0.4, 0.5) is 0 Å². The second-order valence-electron chi connectivity index (χ2n) is 4.23. The first kappa shape index (κ1) is 11.0. The first-order valence-electron chi connectivity index (χ1n) is 5.74. The molecule has 0 amide bonds. The molecule has 78 valence electrons. The molecule has 1 aliphatic heterocycles. The van der Waals surface area contributed by atoms with Gasteiger partial charge in [-0.1, -0.05) is 20.3 Å². The van der Waals surface area contributed by atoms with Crippen LogP contribution in [0, 0.1) is 0 Å². The molecule has 1 atom stereocenters. The molecule has 2 heteroatoms. The highest BCUT2D eigenvalue weighted by atomic mass is 15.4. The van der Waals surface area contributed by atoms with Gasteiger partial charge in [-0.15, -0.1) is 0 Å². The molecule has 0 aromatic rings. The Labute approximate surface area is 82.9 Å². The van der Waals surface area contributed by atoms with Crippen LogP contribution in [-0.2, 0) is 0 Å². The van der Waals surface area contributed by atoms with Crippen LogP contribution in [-0.4, -0.2) is 42.1 Å². The van der Waals surface area contributed by atoms with Crippen molar-refractivity contribution in [3.8, 4) is 0 Å². The molecular weight excluding hydrogens is 160 g/mol. The van der Waals surface area contributed by atoms with Gasteiger partial charge in [0.15, 0.2) is 0 Å². The zero-order chi connectivity index (χ0) is 9.68. The molecule has 0 N–H and O–H groups in total. The van der Waals surface area contributed by atoms with Crippen LogP contribution in [0.25, 0.3) is 0 Å². The van der Waals surface area contributed by atoms with Crippen molar-refractivity contribution in [1.82, 2.24) is 9.80 Å². The molecule has 1 heterocycles. The molecule has 0 aliphatic carbocycles. The highest BCUT2D eigenvalue weighted by Crippen LogP contribution is 2.13. The SMILES string of the molecule is CCCCN1CN(CCC)C[C@H]1C. The standard InChI is InChI=1S/C11H24N2/c1-4-6-8-13-10-12(7-5-2)9-11(13)3/h11H,4-10H2,1-3H3/t11-/m1/s1. The van der Waals surface area contributed by atoms with Gasteiger partial charge in [0.05, 0.1) is 6.67 Å². The van der Waals surface area contributed by atoms with E-state index in [1.165, 1.54) is 45.6 Å². The summed E-state index contributed by atoms with van der Waals surface area (Å²) in [6, 6.07) is 0.776. The second-order valence-corrected chi connectivity index (χ2v) is 4.23. The van der Waals surface area contributed by atoms with Crippen molar-refractivity contribution >= 4 is 0 Å². The van der Waals surface area contributed by atoms with Gasteiger partial charge in [0, 0.05) is 12.6 Å². The highest BCUT2D eigenvalue weighted by molar-refractivity contribution is 4.78. The Bertz CT molecular complexity index is 136. The zero-order valence-electron chi connectivity index (χ0n) is 9.42. The zero-order valence-corrected chi connectivity index (χ0v) is 9.42. The number of unbranched alkanes of at least 4 members (excludes halogenated alkanes) is 1. The molecule has 0 saturated carbocycles. The fourth-order valence-corrected chi connectivity index (χ4v) is 2.07. The molecule has 1 saturated heterocycles. The fourth-order valence-electron chi connectivity index (χ4n) is 2.07. The van der Waals surface area contributed by atoms with Crippen molar-refractivity contribution in [2.75, 3.05) is 26.3 Å². The molecule has 0 aromatic carbocycles. The number of rotatable bonds is 5. The van der Waals surface area contributed by atoms with E-state index < -0.39 is 0 Å². The van der Waals surface area contributed by atoms with E-state index in [0.29, 0.717) is 0 Å². The van der Waals surface area contributed by atoms with Crippen molar-refractivity contribution in [3.63, 3.8) is 0 Å². The summed E-state index contributed by atoms with van der Waals surface area (Å²) in [6.45, 7) is 11.9. The first-order chi connectivity index (χ1) is 6.27. The van der Waals surface area contributed by atoms with E-state index in [2.05, 4.69) is 30.6 Å². The van der Waals surface area contributed by atoms with E-state index in [9.17, 15) is 0 Å². The van der Waals surface area contributed by atoms with Crippen LogP contribution in [0.3, 0.4) is 0 Å². The predicted octanol–water partition coefficient (Wildman–Crippen LogP) is 2.16. The minimum absolute atomic E-state index is 0.776. The maximum Gasteiger partial charge on any atom is 0.0509 e. The van der Waals surface area contributed by atoms with E-state index in [1.807, 2.05) is 0 Å². The largest absolute Gasteiger partial charge is 0.289 e.